The Hall–Kier alpha value is -8.86. The number of benzene rings is 10. The van der Waals surface area contributed by atoms with Crippen LogP contribution in [-0.2, 0) is 0 Å². The number of rotatable bonds is 5. The quantitative estimate of drug-likeness (QED) is 0.159. The van der Waals surface area contributed by atoms with E-state index < -0.39 is 0 Å². The van der Waals surface area contributed by atoms with Crippen molar-refractivity contribution in [2.75, 3.05) is 0 Å². The monoisotopic (exact) mass is 857 g/mol. The smallest absolute Gasteiger partial charge is 0.135 e. The van der Waals surface area contributed by atoms with Gasteiger partial charge < -0.3 is 18.1 Å². The van der Waals surface area contributed by atoms with E-state index >= 15 is 0 Å². The molecule has 4 heterocycles. The van der Waals surface area contributed by atoms with E-state index in [-0.39, 0.29) is 0 Å². The first-order chi connectivity index (χ1) is 33.1. The van der Waals surface area contributed by atoms with Crippen molar-refractivity contribution in [1.29, 1.82) is 0 Å². The predicted octanol–water partition coefficient (Wildman–Crippen LogP) is 17.4. The third-order valence-corrected chi connectivity index (χ3v) is 13.4. The largest absolute Gasteiger partial charge is 0.456 e. The van der Waals surface area contributed by atoms with Crippen LogP contribution in [0.4, 0.5) is 0 Å². The molecule has 14 aromatic rings. The molecule has 67 heavy (non-hydrogen) atoms. The average Bonchev–Trinajstić information content (AvgIpc) is 4.12. The number of para-hydroxylation sites is 5. The van der Waals surface area contributed by atoms with Gasteiger partial charge in [-0.1, -0.05) is 121 Å². The molecule has 316 valence electrons. The number of hydrogen-bond acceptors (Lipinski definition) is 1. The molecule has 4 heteroatoms. The molecular formula is C63H43N3O. The molecule has 0 N–H and O–H groups in total. The topological polar surface area (TPSA) is 27.9 Å². The summed E-state index contributed by atoms with van der Waals surface area (Å²) < 4.78 is 13.5. The number of fused-ring (bicyclic) bond motifs is 12. The molecular weight excluding hydrogens is 815 g/mol. The Morgan fingerprint density at radius 3 is 1.10 bits per heavy atom. The number of allylic oxidation sites excluding steroid dienone is 1. The van der Waals surface area contributed by atoms with Crippen LogP contribution < -0.4 is 0 Å². The Morgan fingerprint density at radius 1 is 0.299 bits per heavy atom. The van der Waals surface area contributed by atoms with Crippen molar-refractivity contribution in [3.05, 3.63) is 237 Å². The molecule has 0 saturated carbocycles. The molecule has 0 fully saturated rings. The fourth-order valence-electron chi connectivity index (χ4n) is 10.5. The van der Waals surface area contributed by atoms with Crippen LogP contribution in [0.15, 0.2) is 242 Å². The van der Waals surface area contributed by atoms with Crippen molar-refractivity contribution in [3.63, 3.8) is 0 Å². The molecule has 0 aliphatic heterocycles. The van der Waals surface area contributed by atoms with Crippen molar-refractivity contribution < 1.29 is 4.42 Å². The van der Waals surface area contributed by atoms with Gasteiger partial charge in [-0.25, -0.2) is 0 Å². The van der Waals surface area contributed by atoms with E-state index in [1.54, 1.807) is 6.08 Å². The number of furan rings is 1. The van der Waals surface area contributed by atoms with E-state index in [1.807, 2.05) is 19.1 Å². The van der Waals surface area contributed by atoms with Crippen LogP contribution in [0, 0.1) is 0 Å². The minimum absolute atomic E-state index is 0.892. The van der Waals surface area contributed by atoms with Gasteiger partial charge in [-0.2, -0.15) is 0 Å². The highest BCUT2D eigenvalue weighted by Gasteiger charge is 2.19. The summed E-state index contributed by atoms with van der Waals surface area (Å²) in [5, 5.41) is 9.63. The zero-order chi connectivity index (χ0) is 44.6. The summed E-state index contributed by atoms with van der Waals surface area (Å²) in [6.07, 6.45) is 1.75. The highest BCUT2D eigenvalue weighted by molar-refractivity contribution is 6.15. The Morgan fingerprint density at radius 2 is 0.642 bits per heavy atom. The van der Waals surface area contributed by atoms with E-state index in [0.717, 1.165) is 50.0 Å². The van der Waals surface area contributed by atoms with Crippen LogP contribution in [0.3, 0.4) is 0 Å². The summed E-state index contributed by atoms with van der Waals surface area (Å²) >= 11 is 0. The third-order valence-electron chi connectivity index (χ3n) is 13.4. The Balaban J connectivity index is 0.00000145. The molecule has 0 spiro atoms. The lowest BCUT2D eigenvalue weighted by Gasteiger charge is -2.10. The van der Waals surface area contributed by atoms with Crippen molar-refractivity contribution in [2.45, 2.75) is 6.92 Å². The second kappa shape index (κ2) is 15.4. The molecule has 4 aromatic heterocycles. The Bertz CT molecular complexity index is 4020. The van der Waals surface area contributed by atoms with Gasteiger partial charge in [-0.05, 0) is 138 Å². The Kier molecular flexibility index (Phi) is 8.87. The first-order valence-corrected chi connectivity index (χ1v) is 22.9. The maximum atomic E-state index is 6.28. The van der Waals surface area contributed by atoms with Gasteiger partial charge in [0.2, 0.25) is 0 Å². The molecule has 0 aliphatic carbocycles. The van der Waals surface area contributed by atoms with E-state index in [1.165, 1.54) is 76.6 Å². The van der Waals surface area contributed by atoms with Crippen LogP contribution in [0.25, 0.3) is 127 Å². The highest BCUT2D eigenvalue weighted by Crippen LogP contribution is 2.42. The van der Waals surface area contributed by atoms with Gasteiger partial charge >= 0.3 is 0 Å². The second-order valence-corrected chi connectivity index (χ2v) is 17.3. The third kappa shape index (κ3) is 6.07. The van der Waals surface area contributed by atoms with Gasteiger partial charge in [0, 0.05) is 60.2 Å². The number of hydrogen-bond donors (Lipinski definition) is 0. The molecule has 14 rings (SSSR count). The van der Waals surface area contributed by atoms with E-state index in [4.69, 9.17) is 4.42 Å². The summed E-state index contributed by atoms with van der Waals surface area (Å²) in [5.74, 6) is 0. The molecule has 4 nitrogen and oxygen atoms in total. The van der Waals surface area contributed by atoms with E-state index in [0.29, 0.717) is 0 Å². The first kappa shape index (κ1) is 38.6. The van der Waals surface area contributed by atoms with Gasteiger partial charge in [0.05, 0.1) is 33.1 Å². The van der Waals surface area contributed by atoms with Crippen molar-refractivity contribution in [3.8, 4) is 39.3 Å². The fourth-order valence-corrected chi connectivity index (χ4v) is 10.5. The minimum Gasteiger partial charge on any atom is -0.456 e. The summed E-state index contributed by atoms with van der Waals surface area (Å²) in [7, 11) is 0. The van der Waals surface area contributed by atoms with Gasteiger partial charge in [-0.3, -0.25) is 0 Å². The predicted molar refractivity (Wildman–Crippen MR) is 283 cm³/mol. The van der Waals surface area contributed by atoms with Crippen molar-refractivity contribution in [2.24, 2.45) is 0 Å². The van der Waals surface area contributed by atoms with Gasteiger partial charge in [0.15, 0.2) is 0 Å². The van der Waals surface area contributed by atoms with Crippen LogP contribution in [-0.4, -0.2) is 13.7 Å². The van der Waals surface area contributed by atoms with Crippen LogP contribution >= 0.6 is 0 Å². The van der Waals surface area contributed by atoms with Crippen LogP contribution in [0.2, 0.25) is 0 Å². The maximum Gasteiger partial charge on any atom is 0.135 e. The summed E-state index contributed by atoms with van der Waals surface area (Å²) in [6, 6.07) is 81.7. The maximum absolute atomic E-state index is 6.28. The normalized spacial score (nSPS) is 11.7. The van der Waals surface area contributed by atoms with E-state index in [9.17, 15) is 0 Å². The molecule has 0 atom stereocenters. The zero-order valence-electron chi connectivity index (χ0n) is 36.9. The van der Waals surface area contributed by atoms with Gasteiger partial charge in [0.1, 0.15) is 11.2 Å². The molecule has 0 saturated heterocycles. The molecule has 0 bridgehead atoms. The molecule has 0 radical (unpaired) electrons. The van der Waals surface area contributed by atoms with Gasteiger partial charge in [-0.15, -0.1) is 6.58 Å². The Labute approximate surface area is 387 Å². The molecule has 0 amide bonds. The minimum atomic E-state index is 0.892. The second-order valence-electron chi connectivity index (χ2n) is 17.3. The summed E-state index contributed by atoms with van der Waals surface area (Å²) in [5.41, 5.74) is 17.1. The molecule has 0 aliphatic rings. The molecule has 10 aromatic carbocycles. The average molecular weight is 858 g/mol. The lowest BCUT2D eigenvalue weighted by atomic mass is 9.98. The van der Waals surface area contributed by atoms with Crippen molar-refractivity contribution >= 4 is 87.4 Å². The first-order valence-electron chi connectivity index (χ1n) is 22.9. The standard InChI is InChI=1S/C60H37N3O.C3H6/c1-3-13-42(14-4-1)61-53-20-10-7-17-45(53)48-33-38(23-28-55(48)61)40-25-30-57-50(35-40)51-36-41(26-31-58(51)63(57)44-27-32-60-52(37-44)47-19-9-12-22-59(47)64-60)39-24-29-56-49(34-39)46-18-8-11-21-54(46)62(56)43-15-5-2-6-16-43;1-3-2/h1-37H;3H,1H2,2H3. The number of aromatic nitrogens is 3. The zero-order valence-corrected chi connectivity index (χ0v) is 36.9. The lowest BCUT2D eigenvalue weighted by molar-refractivity contribution is 0.669. The van der Waals surface area contributed by atoms with Crippen LogP contribution in [0.5, 0.6) is 0 Å². The highest BCUT2D eigenvalue weighted by atomic mass is 16.3. The van der Waals surface area contributed by atoms with Crippen molar-refractivity contribution in [1.82, 2.24) is 13.7 Å². The summed E-state index contributed by atoms with van der Waals surface area (Å²) in [6.45, 7) is 5.25. The summed E-state index contributed by atoms with van der Waals surface area (Å²) in [4.78, 5) is 0. The van der Waals surface area contributed by atoms with E-state index in [2.05, 4.69) is 233 Å². The lowest BCUT2D eigenvalue weighted by Crippen LogP contribution is -1.94. The fraction of sp³-hybridized carbons (Fsp3) is 0.0159. The molecule has 0 unspecified atom stereocenters. The van der Waals surface area contributed by atoms with Gasteiger partial charge in [0.25, 0.3) is 0 Å². The SMILES string of the molecule is C=CC.c1ccc(-n2c3ccccc3c3cc(-c4ccc5c(c4)c4cc(-c6ccc7c(c6)c6ccccc6n7-c6ccccc6)ccc4n5-c4ccc5oc6ccccc6c5c4)ccc32)cc1. The number of nitrogens with zero attached hydrogens (tertiary/aromatic N) is 3. The van der Waals surface area contributed by atoms with Crippen LogP contribution in [0.1, 0.15) is 6.92 Å².